The standard InChI is InChI=1S/C22H24N4O4S/c1-12-19(22(12,3)4)21(28)25(11-27)10-14-8-16-20(31-14)15(6-7-23-16)18-9-17(26(29)30)13(2)24(18)5/h6-9,11-12,19H,10H2,1-5H3. The molecule has 3 aromatic rings. The highest BCUT2D eigenvalue weighted by Crippen LogP contribution is 2.58. The molecule has 2 atom stereocenters. The van der Waals surface area contributed by atoms with Gasteiger partial charge in [0.2, 0.25) is 12.3 Å². The van der Waals surface area contributed by atoms with Crippen LogP contribution in [0.4, 0.5) is 5.69 Å². The fraction of sp³-hybridized carbons (Fsp3) is 0.409. The van der Waals surface area contributed by atoms with Gasteiger partial charge in [-0.1, -0.05) is 20.8 Å². The van der Waals surface area contributed by atoms with Crippen molar-refractivity contribution in [1.29, 1.82) is 0 Å². The van der Waals surface area contributed by atoms with Crippen LogP contribution in [0.3, 0.4) is 0 Å². The molecule has 9 heteroatoms. The molecule has 31 heavy (non-hydrogen) atoms. The first-order valence-corrected chi connectivity index (χ1v) is 10.8. The Balaban J connectivity index is 1.69. The Bertz CT molecular complexity index is 1230. The number of aromatic nitrogens is 2. The van der Waals surface area contributed by atoms with E-state index in [0.29, 0.717) is 12.1 Å². The quantitative estimate of drug-likeness (QED) is 0.323. The molecule has 1 saturated carbocycles. The van der Waals surface area contributed by atoms with Crippen LogP contribution in [0.15, 0.2) is 24.4 Å². The summed E-state index contributed by atoms with van der Waals surface area (Å²) in [5.41, 5.74) is 2.84. The summed E-state index contributed by atoms with van der Waals surface area (Å²) in [6.45, 7) is 8.02. The third-order valence-electron chi connectivity index (χ3n) is 6.81. The average Bonchev–Trinajstić information content (AvgIpc) is 3.03. The molecule has 3 aromatic heterocycles. The largest absolute Gasteiger partial charge is 0.342 e. The van der Waals surface area contributed by atoms with E-state index in [1.807, 2.05) is 32.9 Å². The maximum absolute atomic E-state index is 12.8. The first kappa shape index (κ1) is 21.2. The zero-order chi connectivity index (χ0) is 22.7. The van der Waals surface area contributed by atoms with Crippen LogP contribution in [-0.4, -0.2) is 31.7 Å². The minimum Gasteiger partial charge on any atom is -0.342 e. The number of nitro groups is 1. The second kappa shape index (κ2) is 7.26. The Morgan fingerprint density at radius 1 is 1.42 bits per heavy atom. The van der Waals surface area contributed by atoms with Gasteiger partial charge in [-0.3, -0.25) is 29.6 Å². The zero-order valence-corrected chi connectivity index (χ0v) is 18.9. The number of imide groups is 1. The van der Waals surface area contributed by atoms with Gasteiger partial charge in [-0.25, -0.2) is 0 Å². The Morgan fingerprint density at radius 2 is 2.10 bits per heavy atom. The summed E-state index contributed by atoms with van der Waals surface area (Å²) in [6.07, 6.45) is 2.27. The van der Waals surface area contributed by atoms with Crippen LogP contribution >= 0.6 is 11.3 Å². The molecule has 0 aliphatic heterocycles. The number of amides is 2. The third kappa shape index (κ3) is 3.33. The highest BCUT2D eigenvalue weighted by molar-refractivity contribution is 7.19. The van der Waals surface area contributed by atoms with E-state index in [1.165, 1.54) is 16.2 Å². The minimum absolute atomic E-state index is 0.0677. The molecular weight excluding hydrogens is 416 g/mol. The van der Waals surface area contributed by atoms with Gasteiger partial charge in [0.1, 0.15) is 0 Å². The van der Waals surface area contributed by atoms with Crippen molar-refractivity contribution in [2.75, 3.05) is 0 Å². The van der Waals surface area contributed by atoms with E-state index in [0.717, 1.165) is 26.4 Å². The molecule has 1 aliphatic carbocycles. The number of hydrogen-bond acceptors (Lipinski definition) is 6. The number of carbonyl (C=O) groups excluding carboxylic acids is 2. The Hall–Kier alpha value is -3.07. The van der Waals surface area contributed by atoms with Gasteiger partial charge in [0.25, 0.3) is 5.69 Å². The van der Waals surface area contributed by atoms with Crippen molar-refractivity contribution in [3.05, 3.63) is 45.1 Å². The van der Waals surface area contributed by atoms with Crippen molar-refractivity contribution in [1.82, 2.24) is 14.5 Å². The van der Waals surface area contributed by atoms with E-state index in [2.05, 4.69) is 4.98 Å². The summed E-state index contributed by atoms with van der Waals surface area (Å²) in [5, 5.41) is 11.3. The Kier molecular flexibility index (Phi) is 4.96. The van der Waals surface area contributed by atoms with Crippen molar-refractivity contribution >= 4 is 39.6 Å². The molecule has 0 spiro atoms. The normalized spacial score (nSPS) is 19.4. The Morgan fingerprint density at radius 3 is 2.65 bits per heavy atom. The number of nitrogens with zero attached hydrogens (tertiary/aromatic N) is 4. The predicted molar refractivity (Wildman–Crippen MR) is 118 cm³/mol. The summed E-state index contributed by atoms with van der Waals surface area (Å²) < 4.78 is 2.66. The lowest BCUT2D eigenvalue weighted by Gasteiger charge is -2.15. The first-order valence-electron chi connectivity index (χ1n) is 10.0. The number of hydrogen-bond donors (Lipinski definition) is 0. The molecule has 0 aromatic carbocycles. The molecule has 0 radical (unpaired) electrons. The lowest BCUT2D eigenvalue weighted by molar-refractivity contribution is -0.385. The van der Waals surface area contributed by atoms with E-state index >= 15 is 0 Å². The molecule has 2 amide bonds. The van der Waals surface area contributed by atoms with E-state index in [4.69, 9.17) is 0 Å². The van der Waals surface area contributed by atoms with Crippen LogP contribution in [0.1, 0.15) is 31.3 Å². The highest BCUT2D eigenvalue weighted by Gasteiger charge is 2.59. The summed E-state index contributed by atoms with van der Waals surface area (Å²) in [7, 11) is 1.80. The monoisotopic (exact) mass is 440 g/mol. The van der Waals surface area contributed by atoms with E-state index in [1.54, 1.807) is 30.8 Å². The van der Waals surface area contributed by atoms with Gasteiger partial charge in [-0.05, 0) is 30.4 Å². The number of fused-ring (bicyclic) bond motifs is 1. The van der Waals surface area contributed by atoms with Gasteiger partial charge < -0.3 is 4.57 Å². The fourth-order valence-corrected chi connectivity index (χ4v) is 5.47. The van der Waals surface area contributed by atoms with Crippen molar-refractivity contribution in [3.8, 4) is 11.3 Å². The second-order valence-corrected chi connectivity index (χ2v) is 9.90. The number of thiophene rings is 1. The lowest BCUT2D eigenvalue weighted by Crippen LogP contribution is -2.31. The first-order chi connectivity index (χ1) is 14.6. The lowest BCUT2D eigenvalue weighted by atomic mass is 10.1. The van der Waals surface area contributed by atoms with E-state index < -0.39 is 0 Å². The molecule has 8 nitrogen and oxygen atoms in total. The minimum atomic E-state index is -0.384. The summed E-state index contributed by atoms with van der Waals surface area (Å²) >= 11 is 1.45. The predicted octanol–water partition coefficient (Wildman–Crippen LogP) is 4.30. The van der Waals surface area contributed by atoms with Crippen LogP contribution in [-0.2, 0) is 23.2 Å². The fourth-order valence-electron chi connectivity index (χ4n) is 4.33. The number of pyridine rings is 1. The van der Waals surface area contributed by atoms with Crippen molar-refractivity contribution in [2.24, 2.45) is 24.3 Å². The Labute approximate surface area is 183 Å². The molecule has 0 bridgehead atoms. The van der Waals surface area contributed by atoms with E-state index in [-0.39, 0.29) is 40.3 Å². The summed E-state index contributed by atoms with van der Waals surface area (Å²) in [4.78, 5) is 42.0. The maximum Gasteiger partial charge on any atom is 0.290 e. The molecule has 0 N–H and O–H groups in total. The number of rotatable bonds is 6. The topological polar surface area (TPSA) is 98.3 Å². The molecular formula is C22H24N4O4S. The van der Waals surface area contributed by atoms with Gasteiger partial charge in [-0.15, -0.1) is 11.3 Å². The molecule has 0 saturated heterocycles. The van der Waals surface area contributed by atoms with Crippen LogP contribution in [0.2, 0.25) is 0 Å². The average molecular weight is 441 g/mol. The van der Waals surface area contributed by atoms with Crippen LogP contribution < -0.4 is 0 Å². The van der Waals surface area contributed by atoms with Gasteiger partial charge in [-0.2, -0.15) is 0 Å². The van der Waals surface area contributed by atoms with Gasteiger partial charge >= 0.3 is 0 Å². The van der Waals surface area contributed by atoms with Crippen molar-refractivity contribution in [2.45, 2.75) is 34.2 Å². The third-order valence-corrected chi connectivity index (χ3v) is 7.96. The van der Waals surface area contributed by atoms with Crippen LogP contribution in [0, 0.1) is 34.3 Å². The molecule has 1 fully saturated rings. The molecule has 2 unspecified atom stereocenters. The summed E-state index contributed by atoms with van der Waals surface area (Å²) in [6, 6.07) is 5.28. The van der Waals surface area contributed by atoms with Gasteiger partial charge in [0.05, 0.1) is 33.1 Å². The SMILES string of the molecule is Cc1c([N+](=O)[O-])cc(-c2ccnc3cc(CN(C=O)C(=O)C4C(C)C4(C)C)sc23)n1C. The number of carbonyl (C=O) groups is 2. The van der Waals surface area contributed by atoms with Gasteiger partial charge in [0, 0.05) is 35.7 Å². The van der Waals surface area contributed by atoms with E-state index in [9.17, 15) is 19.7 Å². The van der Waals surface area contributed by atoms with Crippen molar-refractivity contribution < 1.29 is 14.5 Å². The van der Waals surface area contributed by atoms with Crippen LogP contribution in [0.5, 0.6) is 0 Å². The maximum atomic E-state index is 12.8. The summed E-state index contributed by atoms with van der Waals surface area (Å²) in [5.74, 6) is -0.0472. The molecule has 3 heterocycles. The highest BCUT2D eigenvalue weighted by atomic mass is 32.1. The van der Waals surface area contributed by atoms with Crippen molar-refractivity contribution in [3.63, 3.8) is 0 Å². The molecule has 162 valence electrons. The van der Waals surface area contributed by atoms with Crippen LogP contribution in [0.25, 0.3) is 21.5 Å². The smallest absolute Gasteiger partial charge is 0.290 e. The molecule has 1 aliphatic rings. The zero-order valence-electron chi connectivity index (χ0n) is 18.1. The molecule has 4 rings (SSSR count). The second-order valence-electron chi connectivity index (χ2n) is 8.76. The van der Waals surface area contributed by atoms with Gasteiger partial charge in [0.15, 0.2) is 0 Å².